The highest BCUT2D eigenvalue weighted by Crippen LogP contribution is 2.16. The zero-order chi connectivity index (χ0) is 25.2. The second kappa shape index (κ2) is 12.4. The van der Waals surface area contributed by atoms with E-state index in [1.165, 1.54) is 4.80 Å². The van der Waals surface area contributed by atoms with E-state index in [9.17, 15) is 4.79 Å². The quantitative estimate of drug-likeness (QED) is 0.333. The van der Waals surface area contributed by atoms with Gasteiger partial charge in [0.05, 0.1) is 13.2 Å². The van der Waals surface area contributed by atoms with Crippen LogP contribution in [0.25, 0.3) is 11.4 Å². The molecule has 0 aliphatic carbocycles. The number of carbonyl (C=O) groups excluding carboxylic acids is 1. The molecule has 0 saturated carbocycles. The van der Waals surface area contributed by atoms with E-state index in [4.69, 9.17) is 18.9 Å². The van der Waals surface area contributed by atoms with Crippen molar-refractivity contribution in [3.63, 3.8) is 0 Å². The Labute approximate surface area is 207 Å². The minimum Gasteiger partial charge on any atom is -0.460 e. The van der Waals surface area contributed by atoms with Crippen LogP contribution in [0.4, 0.5) is 0 Å². The van der Waals surface area contributed by atoms with Crippen molar-refractivity contribution in [2.24, 2.45) is 0 Å². The Morgan fingerprint density at radius 3 is 2.36 bits per heavy atom. The lowest BCUT2D eigenvalue weighted by Crippen LogP contribution is -2.48. The third kappa shape index (κ3) is 6.82. The van der Waals surface area contributed by atoms with Crippen LogP contribution in [0.5, 0.6) is 18.0 Å². The number of tetrazole rings is 1. The van der Waals surface area contributed by atoms with Gasteiger partial charge in [-0.05, 0) is 5.21 Å². The van der Waals surface area contributed by atoms with E-state index in [1.54, 1.807) is 17.1 Å². The molecule has 1 atom stereocenters. The Morgan fingerprint density at radius 1 is 1.03 bits per heavy atom. The number of carbonyl (C=O) groups is 1. The molecule has 1 aliphatic rings. The van der Waals surface area contributed by atoms with Crippen molar-refractivity contribution >= 4 is 5.91 Å². The number of amides is 1. The zero-order valence-corrected chi connectivity index (χ0v) is 19.6. The predicted molar refractivity (Wildman–Crippen MR) is 126 cm³/mol. The molecule has 13 heteroatoms. The maximum atomic E-state index is 12.8. The summed E-state index contributed by atoms with van der Waals surface area (Å²) in [7, 11) is 0. The number of ether oxygens (including phenoxy) is 4. The van der Waals surface area contributed by atoms with Crippen LogP contribution in [0.1, 0.15) is 0 Å². The highest BCUT2D eigenvalue weighted by Gasteiger charge is 2.26. The molecule has 1 saturated heterocycles. The summed E-state index contributed by atoms with van der Waals surface area (Å²) in [5, 5.41) is 12.3. The second-order valence-corrected chi connectivity index (χ2v) is 7.54. The molecule has 1 amide bonds. The Hall–Kier alpha value is -4.39. The number of benzene rings is 1. The molecule has 0 spiro atoms. The first-order chi connectivity index (χ1) is 17.6. The number of hydrogen-bond donors (Lipinski definition) is 0. The Balaban J connectivity index is 1.32. The van der Waals surface area contributed by atoms with Crippen LogP contribution >= 0.6 is 0 Å². The summed E-state index contributed by atoms with van der Waals surface area (Å²) in [6.07, 6.45) is 2.74. The number of aromatic nitrogens is 7. The summed E-state index contributed by atoms with van der Waals surface area (Å²) >= 11 is 0. The van der Waals surface area contributed by atoms with E-state index >= 15 is 0 Å². The lowest BCUT2D eigenvalue weighted by Gasteiger charge is -2.32. The standard InChI is InChI=1S/C23H26N8O5/c1-3-11-34-21-24-22(35-12-4-2)26-23(25-21)36-16-18-14-30(10-13-33-18)19(32)15-31-28-20(27-29-31)17-8-6-5-7-9-17/h3-9,18H,1-2,10-16H2. The molecule has 4 rings (SSSR count). The number of hydrogen-bond acceptors (Lipinski definition) is 11. The first kappa shape index (κ1) is 24.7. The van der Waals surface area contributed by atoms with Crippen molar-refractivity contribution in [1.29, 1.82) is 0 Å². The second-order valence-electron chi connectivity index (χ2n) is 7.54. The monoisotopic (exact) mass is 494 g/mol. The number of nitrogens with zero attached hydrogens (tertiary/aromatic N) is 8. The van der Waals surface area contributed by atoms with Crippen LogP contribution in [0.15, 0.2) is 55.6 Å². The summed E-state index contributed by atoms with van der Waals surface area (Å²) in [5.74, 6) is 0.308. The molecule has 1 fully saturated rings. The van der Waals surface area contributed by atoms with Gasteiger partial charge < -0.3 is 23.8 Å². The Morgan fingerprint density at radius 2 is 1.69 bits per heavy atom. The van der Waals surface area contributed by atoms with Gasteiger partial charge in [0.25, 0.3) is 0 Å². The van der Waals surface area contributed by atoms with Crippen molar-refractivity contribution in [3.8, 4) is 29.4 Å². The van der Waals surface area contributed by atoms with Crippen molar-refractivity contribution < 1.29 is 23.7 Å². The van der Waals surface area contributed by atoms with Crippen molar-refractivity contribution in [3.05, 3.63) is 55.6 Å². The fourth-order valence-electron chi connectivity index (χ4n) is 3.23. The molecular formula is C23H26N8O5. The third-order valence-electron chi connectivity index (χ3n) is 4.89. The molecule has 1 unspecified atom stereocenters. The first-order valence-corrected chi connectivity index (χ1v) is 11.2. The fourth-order valence-corrected chi connectivity index (χ4v) is 3.23. The summed E-state index contributed by atoms with van der Waals surface area (Å²) < 4.78 is 22.2. The van der Waals surface area contributed by atoms with E-state index in [1.807, 2.05) is 30.3 Å². The number of morpholine rings is 1. The SMILES string of the molecule is C=CCOc1nc(OCC=C)nc(OCC2CN(C(=O)Cn3nnc(-c4ccccc4)n3)CCO2)n1. The normalized spacial score (nSPS) is 15.2. The highest BCUT2D eigenvalue weighted by molar-refractivity contribution is 5.76. The maximum absolute atomic E-state index is 12.8. The van der Waals surface area contributed by atoms with Gasteiger partial charge in [-0.15, -0.1) is 25.1 Å². The third-order valence-corrected chi connectivity index (χ3v) is 4.89. The number of rotatable bonds is 12. The van der Waals surface area contributed by atoms with Gasteiger partial charge in [-0.3, -0.25) is 4.79 Å². The molecule has 36 heavy (non-hydrogen) atoms. The average Bonchev–Trinajstić information content (AvgIpc) is 3.38. The average molecular weight is 495 g/mol. The Bertz CT molecular complexity index is 1140. The lowest BCUT2D eigenvalue weighted by molar-refractivity contribution is -0.141. The zero-order valence-electron chi connectivity index (χ0n) is 19.6. The van der Waals surface area contributed by atoms with E-state index in [-0.39, 0.29) is 50.3 Å². The smallest absolute Gasteiger partial charge is 0.326 e. The van der Waals surface area contributed by atoms with Gasteiger partial charge in [0.15, 0.2) is 0 Å². The van der Waals surface area contributed by atoms with Gasteiger partial charge >= 0.3 is 18.0 Å². The molecule has 0 radical (unpaired) electrons. The van der Waals surface area contributed by atoms with Gasteiger partial charge in [-0.2, -0.15) is 4.80 Å². The van der Waals surface area contributed by atoms with Gasteiger partial charge in [-0.1, -0.05) is 55.6 Å². The predicted octanol–water partition coefficient (Wildman–Crippen LogP) is 0.961. The summed E-state index contributed by atoms with van der Waals surface area (Å²) in [6.45, 7) is 8.81. The van der Waals surface area contributed by atoms with Crippen LogP contribution < -0.4 is 14.2 Å². The molecule has 13 nitrogen and oxygen atoms in total. The van der Waals surface area contributed by atoms with Gasteiger partial charge in [0.2, 0.25) is 11.7 Å². The molecule has 1 aromatic carbocycles. The molecular weight excluding hydrogens is 468 g/mol. The molecule has 2 aromatic heterocycles. The maximum Gasteiger partial charge on any atom is 0.326 e. The van der Waals surface area contributed by atoms with Crippen LogP contribution in [-0.4, -0.2) is 91.6 Å². The Kier molecular flexibility index (Phi) is 8.48. The van der Waals surface area contributed by atoms with Crippen LogP contribution in [0.3, 0.4) is 0 Å². The highest BCUT2D eigenvalue weighted by atomic mass is 16.6. The van der Waals surface area contributed by atoms with Crippen LogP contribution in [-0.2, 0) is 16.1 Å². The van der Waals surface area contributed by atoms with E-state index in [0.29, 0.717) is 25.5 Å². The first-order valence-electron chi connectivity index (χ1n) is 11.2. The van der Waals surface area contributed by atoms with E-state index < -0.39 is 6.10 Å². The minimum atomic E-state index is -0.391. The fraction of sp³-hybridized carbons (Fsp3) is 0.348. The summed E-state index contributed by atoms with van der Waals surface area (Å²) in [6, 6.07) is 9.52. The topological polar surface area (TPSA) is 140 Å². The largest absolute Gasteiger partial charge is 0.460 e. The molecule has 3 aromatic rings. The van der Waals surface area contributed by atoms with Crippen LogP contribution in [0, 0.1) is 0 Å². The summed E-state index contributed by atoms with van der Waals surface area (Å²) in [5.41, 5.74) is 0.828. The molecule has 188 valence electrons. The summed E-state index contributed by atoms with van der Waals surface area (Å²) in [4.78, 5) is 28.1. The van der Waals surface area contributed by atoms with Gasteiger partial charge in [0, 0.05) is 12.1 Å². The molecule has 3 heterocycles. The van der Waals surface area contributed by atoms with Gasteiger partial charge in [0.1, 0.15) is 32.5 Å². The van der Waals surface area contributed by atoms with E-state index in [2.05, 4.69) is 43.5 Å². The molecule has 0 bridgehead atoms. The molecule has 1 aliphatic heterocycles. The minimum absolute atomic E-state index is 0.00966. The van der Waals surface area contributed by atoms with Crippen molar-refractivity contribution in [2.75, 3.05) is 39.5 Å². The lowest BCUT2D eigenvalue weighted by atomic mass is 10.2. The van der Waals surface area contributed by atoms with Crippen molar-refractivity contribution in [2.45, 2.75) is 12.6 Å². The van der Waals surface area contributed by atoms with Crippen molar-refractivity contribution in [1.82, 2.24) is 40.1 Å². The molecule has 0 N–H and O–H groups in total. The van der Waals surface area contributed by atoms with E-state index in [0.717, 1.165) is 5.56 Å². The van der Waals surface area contributed by atoms with Gasteiger partial charge in [-0.25, -0.2) is 0 Å². The van der Waals surface area contributed by atoms with Crippen LogP contribution in [0.2, 0.25) is 0 Å².